The molecule has 0 N–H and O–H groups in total. The molecule has 0 aromatic rings. The molecule has 0 aliphatic carbocycles. The van der Waals surface area contributed by atoms with Crippen molar-refractivity contribution < 1.29 is 14.3 Å². The van der Waals surface area contributed by atoms with Gasteiger partial charge in [-0.05, 0) is 51.4 Å². The summed E-state index contributed by atoms with van der Waals surface area (Å²) in [5.41, 5.74) is 0. The molecule has 1 unspecified atom stereocenters. The Kier molecular flexibility index (Phi) is 23.6. The molecule has 1 atom stereocenters. The summed E-state index contributed by atoms with van der Waals surface area (Å²) in [4.78, 5) is 12.4. The predicted molar refractivity (Wildman–Crippen MR) is 146 cm³/mol. The van der Waals surface area contributed by atoms with Gasteiger partial charge in [0.2, 0.25) is 0 Å². The molecule has 0 saturated carbocycles. The van der Waals surface area contributed by atoms with Crippen LogP contribution < -0.4 is 0 Å². The molecular weight excluding hydrogens is 420 g/mol. The van der Waals surface area contributed by atoms with E-state index in [4.69, 9.17) is 9.47 Å². The summed E-state index contributed by atoms with van der Waals surface area (Å²) in [5.74, 6) is 0.0309. The van der Waals surface area contributed by atoms with E-state index < -0.39 is 0 Å². The molecule has 200 valence electrons. The SMILES string of the molecule is [CH2]CCCCCCCCCCCCCCCCC(=O)OC1CCCCCC[CH]COCCCC1. The number of unbranched alkanes of at least 4 members (excludes halogenated alkanes) is 14. The van der Waals surface area contributed by atoms with Crippen LogP contribution in [-0.4, -0.2) is 25.3 Å². The quantitative estimate of drug-likeness (QED) is 0.154. The molecule has 0 spiro atoms. The van der Waals surface area contributed by atoms with Gasteiger partial charge in [-0.2, -0.15) is 0 Å². The Balaban J connectivity index is 1.95. The van der Waals surface area contributed by atoms with Gasteiger partial charge in [0.1, 0.15) is 6.10 Å². The first-order chi connectivity index (χ1) is 16.8. The summed E-state index contributed by atoms with van der Waals surface area (Å²) in [6, 6.07) is 0. The molecule has 34 heavy (non-hydrogen) atoms. The first-order valence-corrected chi connectivity index (χ1v) is 15.2. The minimum Gasteiger partial charge on any atom is -0.462 e. The number of carbonyl (C=O) groups is 1. The molecule has 0 bridgehead atoms. The number of rotatable bonds is 17. The number of hydrogen-bond donors (Lipinski definition) is 0. The van der Waals surface area contributed by atoms with Crippen LogP contribution in [0.25, 0.3) is 0 Å². The van der Waals surface area contributed by atoms with Crippen LogP contribution in [0.15, 0.2) is 0 Å². The summed E-state index contributed by atoms with van der Waals surface area (Å²) in [6.45, 7) is 5.52. The second-order valence-corrected chi connectivity index (χ2v) is 10.5. The topological polar surface area (TPSA) is 35.5 Å². The molecule has 3 nitrogen and oxygen atoms in total. The van der Waals surface area contributed by atoms with Gasteiger partial charge in [0.05, 0.1) is 0 Å². The highest BCUT2D eigenvalue weighted by Crippen LogP contribution is 2.18. The lowest BCUT2D eigenvalue weighted by Gasteiger charge is -2.18. The van der Waals surface area contributed by atoms with E-state index in [1.54, 1.807) is 0 Å². The molecule has 1 saturated heterocycles. The lowest BCUT2D eigenvalue weighted by molar-refractivity contribution is -0.150. The van der Waals surface area contributed by atoms with Gasteiger partial charge in [-0.1, -0.05) is 116 Å². The fourth-order valence-electron chi connectivity index (χ4n) is 4.91. The standard InChI is InChI=1S/C31H58O3/c1-2-3-4-5-6-7-8-9-10-11-12-13-14-18-21-27-31(32)34-30-25-20-17-15-16-19-23-28-33-29-24-22-26-30/h23,30H,1-22,24-29H2. The first-order valence-electron chi connectivity index (χ1n) is 15.2. The largest absolute Gasteiger partial charge is 0.462 e. The van der Waals surface area contributed by atoms with Crippen LogP contribution in [0.4, 0.5) is 0 Å². The van der Waals surface area contributed by atoms with Crippen LogP contribution >= 0.6 is 0 Å². The third-order valence-corrected chi connectivity index (χ3v) is 7.16. The van der Waals surface area contributed by atoms with Crippen molar-refractivity contribution in [3.63, 3.8) is 0 Å². The van der Waals surface area contributed by atoms with E-state index in [-0.39, 0.29) is 12.1 Å². The predicted octanol–water partition coefficient (Wildman–Crippen LogP) is 9.72. The van der Waals surface area contributed by atoms with Crippen molar-refractivity contribution in [2.45, 2.75) is 167 Å². The second-order valence-electron chi connectivity index (χ2n) is 10.5. The maximum atomic E-state index is 12.4. The van der Waals surface area contributed by atoms with Crippen LogP contribution in [0.1, 0.15) is 161 Å². The molecule has 0 amide bonds. The fourth-order valence-corrected chi connectivity index (χ4v) is 4.91. The summed E-state index contributed by atoms with van der Waals surface area (Å²) in [6.07, 6.45) is 33.0. The van der Waals surface area contributed by atoms with Gasteiger partial charge >= 0.3 is 5.97 Å². The van der Waals surface area contributed by atoms with Crippen molar-refractivity contribution in [2.75, 3.05) is 13.2 Å². The second kappa shape index (κ2) is 25.5. The zero-order valence-corrected chi connectivity index (χ0v) is 22.7. The van der Waals surface area contributed by atoms with Gasteiger partial charge in [-0.15, -0.1) is 0 Å². The van der Waals surface area contributed by atoms with E-state index in [0.29, 0.717) is 6.42 Å². The van der Waals surface area contributed by atoms with E-state index >= 15 is 0 Å². The van der Waals surface area contributed by atoms with Crippen LogP contribution in [0.3, 0.4) is 0 Å². The first kappa shape index (κ1) is 31.5. The zero-order valence-electron chi connectivity index (χ0n) is 22.7. The minimum absolute atomic E-state index is 0.0309. The average molecular weight is 479 g/mol. The Bertz CT molecular complexity index is 409. The minimum atomic E-state index is 0.0309. The normalized spacial score (nSPS) is 18.9. The summed E-state index contributed by atoms with van der Waals surface area (Å²) in [5, 5.41) is 0. The molecule has 1 fully saturated rings. The summed E-state index contributed by atoms with van der Waals surface area (Å²) in [7, 11) is 0. The van der Waals surface area contributed by atoms with E-state index in [2.05, 4.69) is 13.3 Å². The smallest absolute Gasteiger partial charge is 0.306 e. The van der Waals surface area contributed by atoms with E-state index in [9.17, 15) is 4.79 Å². The number of hydrogen-bond acceptors (Lipinski definition) is 3. The van der Waals surface area contributed by atoms with Crippen LogP contribution in [0.2, 0.25) is 0 Å². The highest BCUT2D eigenvalue weighted by atomic mass is 16.5. The molecular formula is C31H58O3. The maximum Gasteiger partial charge on any atom is 0.306 e. The van der Waals surface area contributed by atoms with Crippen molar-refractivity contribution in [2.24, 2.45) is 0 Å². The van der Waals surface area contributed by atoms with Crippen molar-refractivity contribution in [3.8, 4) is 0 Å². The molecule has 1 aliphatic rings. The molecule has 0 aromatic carbocycles. The monoisotopic (exact) mass is 478 g/mol. The van der Waals surface area contributed by atoms with E-state index in [0.717, 1.165) is 58.2 Å². The molecule has 1 aliphatic heterocycles. The maximum absolute atomic E-state index is 12.4. The summed E-state index contributed by atoms with van der Waals surface area (Å²) < 4.78 is 11.5. The van der Waals surface area contributed by atoms with Gasteiger partial charge < -0.3 is 9.47 Å². The van der Waals surface area contributed by atoms with Crippen molar-refractivity contribution in [3.05, 3.63) is 13.3 Å². The highest BCUT2D eigenvalue weighted by Gasteiger charge is 2.14. The van der Waals surface area contributed by atoms with Gasteiger partial charge in [0, 0.05) is 19.6 Å². The Morgan fingerprint density at radius 1 is 0.706 bits per heavy atom. The number of carbonyl (C=O) groups excluding carboxylic acids is 1. The Labute approximate surface area is 213 Å². The van der Waals surface area contributed by atoms with Gasteiger partial charge in [-0.3, -0.25) is 4.79 Å². The van der Waals surface area contributed by atoms with Gasteiger partial charge in [0.25, 0.3) is 0 Å². The van der Waals surface area contributed by atoms with Crippen molar-refractivity contribution >= 4 is 5.97 Å². The van der Waals surface area contributed by atoms with E-state index in [1.807, 2.05) is 0 Å². The molecule has 3 heteroatoms. The Hall–Kier alpha value is -0.570. The van der Waals surface area contributed by atoms with Crippen LogP contribution in [0.5, 0.6) is 0 Å². The average Bonchev–Trinajstić information content (AvgIpc) is 2.84. The number of ether oxygens (including phenoxy) is 2. The van der Waals surface area contributed by atoms with Gasteiger partial charge in [-0.25, -0.2) is 0 Å². The Morgan fingerprint density at radius 2 is 1.24 bits per heavy atom. The third kappa shape index (κ3) is 21.9. The summed E-state index contributed by atoms with van der Waals surface area (Å²) >= 11 is 0. The molecule has 0 aromatic heterocycles. The van der Waals surface area contributed by atoms with Crippen molar-refractivity contribution in [1.82, 2.24) is 0 Å². The Morgan fingerprint density at radius 3 is 1.85 bits per heavy atom. The lowest BCUT2D eigenvalue weighted by Crippen LogP contribution is -2.18. The van der Waals surface area contributed by atoms with Crippen LogP contribution in [-0.2, 0) is 14.3 Å². The third-order valence-electron chi connectivity index (χ3n) is 7.16. The highest BCUT2D eigenvalue weighted by molar-refractivity contribution is 5.69. The molecule has 1 rings (SSSR count). The fraction of sp³-hybridized carbons (Fsp3) is 0.903. The lowest BCUT2D eigenvalue weighted by atomic mass is 10.0. The number of esters is 1. The van der Waals surface area contributed by atoms with E-state index in [1.165, 1.54) is 109 Å². The zero-order chi connectivity index (χ0) is 24.4. The van der Waals surface area contributed by atoms with Crippen LogP contribution in [0, 0.1) is 13.3 Å². The van der Waals surface area contributed by atoms with Gasteiger partial charge in [0.15, 0.2) is 0 Å². The van der Waals surface area contributed by atoms with Crippen molar-refractivity contribution in [1.29, 1.82) is 0 Å². The molecule has 1 heterocycles. The molecule has 2 radical (unpaired) electrons.